The Balaban J connectivity index is 2.16. The Bertz CT molecular complexity index is 494. The maximum atomic E-state index is 13.3. The molecule has 110 valence electrons. The molecule has 0 bridgehead atoms. The van der Waals surface area contributed by atoms with E-state index in [-0.39, 0.29) is 6.10 Å². The molecule has 0 aliphatic carbocycles. The fourth-order valence-electron chi connectivity index (χ4n) is 2.05. The standard InChI is InChI=1S/C14H19FN2O3/c1-14(2,3)20-13(18)17-10-8-16-12(15)7-9(10)11-5-4-6-19-11/h7-8,11H,4-6H2,1-3H3,(H,17,18)/t11-/m1/s1. The van der Waals surface area contributed by atoms with E-state index >= 15 is 0 Å². The van der Waals surface area contributed by atoms with Crippen molar-refractivity contribution in [3.8, 4) is 0 Å². The molecule has 5 nitrogen and oxygen atoms in total. The van der Waals surface area contributed by atoms with Crippen LogP contribution in [0.4, 0.5) is 14.9 Å². The van der Waals surface area contributed by atoms with Gasteiger partial charge in [-0.3, -0.25) is 5.32 Å². The second kappa shape index (κ2) is 5.75. The zero-order chi connectivity index (χ0) is 14.8. The van der Waals surface area contributed by atoms with Crippen LogP contribution >= 0.6 is 0 Å². The van der Waals surface area contributed by atoms with Crippen molar-refractivity contribution in [2.24, 2.45) is 0 Å². The number of carbonyl (C=O) groups is 1. The smallest absolute Gasteiger partial charge is 0.412 e. The predicted octanol–water partition coefficient (Wildman–Crippen LogP) is 3.42. The lowest BCUT2D eigenvalue weighted by Gasteiger charge is -2.21. The number of rotatable bonds is 2. The van der Waals surface area contributed by atoms with E-state index in [1.807, 2.05) is 0 Å². The molecule has 0 spiro atoms. The first-order chi connectivity index (χ1) is 9.35. The highest BCUT2D eigenvalue weighted by Crippen LogP contribution is 2.33. The van der Waals surface area contributed by atoms with Gasteiger partial charge < -0.3 is 9.47 Å². The largest absolute Gasteiger partial charge is 0.444 e. The van der Waals surface area contributed by atoms with E-state index in [1.54, 1.807) is 20.8 Å². The van der Waals surface area contributed by atoms with Gasteiger partial charge in [-0.05, 0) is 33.6 Å². The third kappa shape index (κ3) is 3.90. The third-order valence-electron chi connectivity index (χ3n) is 2.81. The molecule has 2 rings (SSSR count). The number of carbonyl (C=O) groups excluding carboxylic acids is 1. The fourth-order valence-corrected chi connectivity index (χ4v) is 2.05. The lowest BCUT2D eigenvalue weighted by molar-refractivity contribution is 0.0634. The first-order valence-corrected chi connectivity index (χ1v) is 6.62. The van der Waals surface area contributed by atoms with Crippen LogP contribution < -0.4 is 5.32 Å². The molecule has 0 saturated carbocycles. The van der Waals surface area contributed by atoms with Crippen LogP contribution in [0, 0.1) is 5.95 Å². The lowest BCUT2D eigenvalue weighted by Crippen LogP contribution is -2.27. The minimum Gasteiger partial charge on any atom is -0.444 e. The van der Waals surface area contributed by atoms with Crippen LogP contribution in [-0.4, -0.2) is 23.3 Å². The van der Waals surface area contributed by atoms with Gasteiger partial charge in [0, 0.05) is 18.2 Å². The average Bonchev–Trinajstić information content (AvgIpc) is 2.82. The highest BCUT2D eigenvalue weighted by atomic mass is 19.1. The number of amides is 1. The Morgan fingerprint density at radius 3 is 2.90 bits per heavy atom. The fraction of sp³-hybridized carbons (Fsp3) is 0.571. The third-order valence-corrected chi connectivity index (χ3v) is 2.81. The van der Waals surface area contributed by atoms with Crippen molar-refractivity contribution in [3.63, 3.8) is 0 Å². The molecule has 1 aliphatic heterocycles. The van der Waals surface area contributed by atoms with Crippen molar-refractivity contribution in [3.05, 3.63) is 23.8 Å². The first kappa shape index (κ1) is 14.7. The number of anilines is 1. The van der Waals surface area contributed by atoms with Gasteiger partial charge in [-0.15, -0.1) is 0 Å². The molecule has 0 unspecified atom stereocenters. The zero-order valence-corrected chi connectivity index (χ0v) is 11.9. The van der Waals surface area contributed by atoms with Crippen LogP contribution in [0.25, 0.3) is 0 Å². The molecule has 0 aromatic carbocycles. The quantitative estimate of drug-likeness (QED) is 0.844. The normalized spacial score (nSPS) is 18.9. The van der Waals surface area contributed by atoms with E-state index in [9.17, 15) is 9.18 Å². The Hall–Kier alpha value is -1.69. The van der Waals surface area contributed by atoms with Crippen molar-refractivity contribution < 1.29 is 18.7 Å². The molecule has 1 aliphatic rings. The monoisotopic (exact) mass is 282 g/mol. The van der Waals surface area contributed by atoms with Crippen molar-refractivity contribution in [2.75, 3.05) is 11.9 Å². The van der Waals surface area contributed by atoms with Gasteiger partial charge in [0.2, 0.25) is 5.95 Å². The maximum Gasteiger partial charge on any atom is 0.412 e. The lowest BCUT2D eigenvalue weighted by atomic mass is 10.1. The van der Waals surface area contributed by atoms with E-state index in [0.29, 0.717) is 17.9 Å². The molecule has 20 heavy (non-hydrogen) atoms. The number of hydrogen-bond donors (Lipinski definition) is 1. The van der Waals surface area contributed by atoms with Crippen molar-refractivity contribution in [1.29, 1.82) is 0 Å². The van der Waals surface area contributed by atoms with Crippen molar-refractivity contribution >= 4 is 11.8 Å². The van der Waals surface area contributed by atoms with E-state index in [0.717, 1.165) is 12.8 Å². The topological polar surface area (TPSA) is 60.5 Å². The number of pyridine rings is 1. The predicted molar refractivity (Wildman–Crippen MR) is 72.0 cm³/mol. The summed E-state index contributed by atoms with van der Waals surface area (Å²) < 4.78 is 24.0. The molecule has 2 heterocycles. The minimum atomic E-state index is -0.596. The van der Waals surface area contributed by atoms with Gasteiger partial charge in [-0.1, -0.05) is 0 Å². The Labute approximate surface area is 117 Å². The van der Waals surface area contributed by atoms with Crippen LogP contribution in [0.1, 0.15) is 45.3 Å². The molecule has 1 amide bonds. The molecule has 1 fully saturated rings. The van der Waals surface area contributed by atoms with Crippen LogP contribution in [0.5, 0.6) is 0 Å². The van der Waals surface area contributed by atoms with E-state index in [4.69, 9.17) is 9.47 Å². The average molecular weight is 282 g/mol. The van der Waals surface area contributed by atoms with Gasteiger partial charge in [0.25, 0.3) is 0 Å². The van der Waals surface area contributed by atoms with E-state index in [1.165, 1.54) is 12.3 Å². The van der Waals surface area contributed by atoms with Crippen LogP contribution in [0.2, 0.25) is 0 Å². The van der Waals surface area contributed by atoms with Crippen LogP contribution in [-0.2, 0) is 9.47 Å². The highest BCUT2D eigenvalue weighted by molar-refractivity contribution is 5.85. The molecule has 1 N–H and O–H groups in total. The number of nitrogens with zero attached hydrogens (tertiary/aromatic N) is 1. The van der Waals surface area contributed by atoms with Crippen molar-refractivity contribution in [2.45, 2.75) is 45.3 Å². The van der Waals surface area contributed by atoms with Gasteiger partial charge in [-0.2, -0.15) is 4.39 Å². The number of halogens is 1. The van der Waals surface area contributed by atoms with Gasteiger partial charge in [0.05, 0.1) is 18.0 Å². The van der Waals surface area contributed by atoms with Crippen LogP contribution in [0.3, 0.4) is 0 Å². The Morgan fingerprint density at radius 1 is 1.55 bits per heavy atom. The summed E-state index contributed by atoms with van der Waals surface area (Å²) in [6.07, 6.45) is 2.20. The Morgan fingerprint density at radius 2 is 2.30 bits per heavy atom. The summed E-state index contributed by atoms with van der Waals surface area (Å²) in [6.45, 7) is 5.96. The Kier molecular flexibility index (Phi) is 4.23. The number of hydrogen-bond acceptors (Lipinski definition) is 4. The van der Waals surface area contributed by atoms with Crippen LogP contribution in [0.15, 0.2) is 12.3 Å². The van der Waals surface area contributed by atoms with Gasteiger partial charge >= 0.3 is 6.09 Å². The number of aromatic nitrogens is 1. The molecule has 0 radical (unpaired) electrons. The maximum absolute atomic E-state index is 13.3. The van der Waals surface area contributed by atoms with Gasteiger partial charge in [0.15, 0.2) is 0 Å². The number of ether oxygens (including phenoxy) is 2. The molecule has 1 aromatic heterocycles. The molecule has 6 heteroatoms. The summed E-state index contributed by atoms with van der Waals surface area (Å²) in [7, 11) is 0. The summed E-state index contributed by atoms with van der Waals surface area (Å²) in [5.74, 6) is -0.592. The molecule has 1 saturated heterocycles. The summed E-state index contributed by atoms with van der Waals surface area (Å²) in [6, 6.07) is 1.29. The second-order valence-corrected chi connectivity index (χ2v) is 5.72. The first-order valence-electron chi connectivity index (χ1n) is 6.62. The summed E-state index contributed by atoms with van der Waals surface area (Å²) in [4.78, 5) is 15.4. The molecular formula is C14H19FN2O3. The van der Waals surface area contributed by atoms with E-state index in [2.05, 4.69) is 10.3 Å². The van der Waals surface area contributed by atoms with Crippen molar-refractivity contribution in [1.82, 2.24) is 4.98 Å². The highest BCUT2D eigenvalue weighted by Gasteiger charge is 2.24. The summed E-state index contributed by atoms with van der Waals surface area (Å²) in [5.41, 5.74) is 0.426. The second-order valence-electron chi connectivity index (χ2n) is 5.72. The molecule has 1 atom stereocenters. The van der Waals surface area contributed by atoms with Gasteiger partial charge in [0.1, 0.15) is 5.60 Å². The van der Waals surface area contributed by atoms with Gasteiger partial charge in [-0.25, -0.2) is 9.78 Å². The molecule has 1 aromatic rings. The SMILES string of the molecule is CC(C)(C)OC(=O)Nc1cnc(F)cc1[C@H]1CCCO1. The molecular weight excluding hydrogens is 263 g/mol. The van der Waals surface area contributed by atoms with E-state index < -0.39 is 17.6 Å². The summed E-state index contributed by atoms with van der Waals surface area (Å²) in [5, 5.41) is 2.60. The zero-order valence-electron chi connectivity index (χ0n) is 11.9. The number of nitrogens with one attached hydrogen (secondary N) is 1. The summed E-state index contributed by atoms with van der Waals surface area (Å²) >= 11 is 0. The minimum absolute atomic E-state index is 0.211.